The topological polar surface area (TPSA) is 113 Å². The molecule has 0 saturated carbocycles. The minimum atomic E-state index is -1.11. The molecule has 9 heteroatoms. The third-order valence-electron chi connectivity index (χ3n) is 3.82. The molecule has 1 saturated heterocycles. The Hall–Kier alpha value is -2.97. The van der Waals surface area contributed by atoms with Gasteiger partial charge in [-0.15, -0.1) is 10.2 Å². The zero-order valence-electron chi connectivity index (χ0n) is 13.2. The molecule has 0 spiro atoms. The Balaban J connectivity index is 1.66. The Morgan fingerprint density at radius 1 is 1.12 bits per heavy atom. The summed E-state index contributed by atoms with van der Waals surface area (Å²) in [4.78, 5) is 27.0. The fourth-order valence-electron chi connectivity index (χ4n) is 2.59. The lowest BCUT2D eigenvalue weighted by atomic mass is 10.3. The highest BCUT2D eigenvalue weighted by molar-refractivity contribution is 5.92. The molecular formula is C15H17N5O4. The summed E-state index contributed by atoms with van der Waals surface area (Å²) in [7, 11) is 0. The van der Waals surface area contributed by atoms with E-state index in [9.17, 15) is 9.59 Å². The average Bonchev–Trinajstić information content (AvgIpc) is 2.87. The number of carboxylic acids is 1. The Labute approximate surface area is 137 Å². The lowest BCUT2D eigenvalue weighted by molar-refractivity contribution is 0.0688. The maximum absolute atomic E-state index is 12.4. The first-order chi connectivity index (χ1) is 11.5. The number of carboxylic acid groups (broad SMARTS) is 1. The number of anilines is 1. The lowest BCUT2D eigenvalue weighted by Gasteiger charge is -2.21. The van der Waals surface area contributed by atoms with Crippen molar-refractivity contribution in [3.8, 4) is 0 Å². The third-order valence-corrected chi connectivity index (χ3v) is 3.82. The van der Waals surface area contributed by atoms with Gasteiger partial charge in [-0.3, -0.25) is 4.79 Å². The van der Waals surface area contributed by atoms with E-state index in [1.54, 1.807) is 24.0 Å². The number of hydrogen-bond donors (Lipinski definition) is 1. The van der Waals surface area contributed by atoms with Gasteiger partial charge in [0.1, 0.15) is 5.76 Å². The molecule has 1 amide bonds. The molecule has 0 unspecified atom stereocenters. The molecule has 2 aromatic heterocycles. The van der Waals surface area contributed by atoms with E-state index in [0.29, 0.717) is 43.5 Å². The van der Waals surface area contributed by atoms with Crippen LogP contribution >= 0.6 is 0 Å². The van der Waals surface area contributed by atoms with Crippen LogP contribution in [-0.4, -0.2) is 63.4 Å². The predicted octanol–water partition coefficient (Wildman–Crippen LogP) is 0.824. The first kappa shape index (κ1) is 15.9. The van der Waals surface area contributed by atoms with E-state index in [0.717, 1.165) is 6.42 Å². The Morgan fingerprint density at radius 2 is 1.96 bits per heavy atom. The van der Waals surface area contributed by atoms with Crippen LogP contribution in [0, 0.1) is 6.92 Å². The molecule has 1 fully saturated rings. The highest BCUT2D eigenvalue weighted by Gasteiger charge is 2.23. The Kier molecular flexibility index (Phi) is 4.41. The number of aromatic nitrogens is 3. The predicted molar refractivity (Wildman–Crippen MR) is 83.0 cm³/mol. The first-order valence-corrected chi connectivity index (χ1v) is 7.59. The van der Waals surface area contributed by atoms with E-state index in [4.69, 9.17) is 9.63 Å². The summed E-state index contributed by atoms with van der Waals surface area (Å²) < 4.78 is 4.95. The monoisotopic (exact) mass is 331 g/mol. The summed E-state index contributed by atoms with van der Waals surface area (Å²) in [6.45, 7) is 4.18. The van der Waals surface area contributed by atoms with Crippen LogP contribution in [0.1, 0.15) is 33.2 Å². The minimum Gasteiger partial charge on any atom is -0.476 e. The van der Waals surface area contributed by atoms with Crippen LogP contribution in [0.25, 0.3) is 0 Å². The third kappa shape index (κ3) is 3.34. The number of rotatable bonds is 3. The molecule has 24 heavy (non-hydrogen) atoms. The van der Waals surface area contributed by atoms with Crippen molar-refractivity contribution < 1.29 is 19.2 Å². The van der Waals surface area contributed by atoms with Crippen LogP contribution < -0.4 is 4.90 Å². The smallest absolute Gasteiger partial charge is 0.356 e. The number of carbonyl (C=O) groups excluding carboxylic acids is 1. The second kappa shape index (κ2) is 6.65. The SMILES string of the molecule is Cc1cc(C(=O)N2CCCN(c3ccc(C(=O)O)nn3)CC2)no1. The number of carbonyl (C=O) groups is 2. The van der Waals surface area contributed by atoms with Crippen molar-refractivity contribution in [2.45, 2.75) is 13.3 Å². The maximum Gasteiger partial charge on any atom is 0.356 e. The van der Waals surface area contributed by atoms with Crippen molar-refractivity contribution >= 4 is 17.7 Å². The summed E-state index contributed by atoms with van der Waals surface area (Å²) >= 11 is 0. The van der Waals surface area contributed by atoms with Crippen LogP contribution in [0.3, 0.4) is 0 Å². The molecule has 1 aliphatic heterocycles. The van der Waals surface area contributed by atoms with E-state index >= 15 is 0 Å². The van der Waals surface area contributed by atoms with Gasteiger partial charge < -0.3 is 19.4 Å². The van der Waals surface area contributed by atoms with Gasteiger partial charge in [0.15, 0.2) is 17.2 Å². The molecule has 3 rings (SSSR count). The zero-order valence-corrected chi connectivity index (χ0v) is 13.2. The lowest BCUT2D eigenvalue weighted by Crippen LogP contribution is -2.35. The van der Waals surface area contributed by atoms with Gasteiger partial charge >= 0.3 is 5.97 Å². The minimum absolute atomic E-state index is 0.0909. The Morgan fingerprint density at radius 3 is 2.58 bits per heavy atom. The zero-order chi connectivity index (χ0) is 17.1. The van der Waals surface area contributed by atoms with Crippen molar-refractivity contribution in [3.63, 3.8) is 0 Å². The molecule has 0 aliphatic carbocycles. The quantitative estimate of drug-likeness (QED) is 0.879. The van der Waals surface area contributed by atoms with Crippen LogP contribution in [0.4, 0.5) is 5.82 Å². The Bertz CT molecular complexity index is 743. The highest BCUT2D eigenvalue weighted by atomic mass is 16.5. The summed E-state index contributed by atoms with van der Waals surface area (Å²) in [6, 6.07) is 4.69. The number of hydrogen-bond acceptors (Lipinski definition) is 7. The van der Waals surface area contributed by atoms with E-state index in [2.05, 4.69) is 15.4 Å². The van der Waals surface area contributed by atoms with Crippen molar-refractivity contribution in [1.82, 2.24) is 20.3 Å². The van der Waals surface area contributed by atoms with E-state index < -0.39 is 5.97 Å². The number of nitrogens with zero attached hydrogens (tertiary/aromatic N) is 5. The normalized spacial score (nSPS) is 15.2. The van der Waals surface area contributed by atoms with E-state index in [1.165, 1.54) is 6.07 Å². The number of aromatic carboxylic acids is 1. The van der Waals surface area contributed by atoms with Crippen molar-refractivity contribution in [3.05, 3.63) is 35.3 Å². The van der Waals surface area contributed by atoms with Gasteiger partial charge in [0.2, 0.25) is 0 Å². The van der Waals surface area contributed by atoms with Crippen molar-refractivity contribution in [2.75, 3.05) is 31.1 Å². The standard InChI is InChI=1S/C15H17N5O4/c1-10-9-12(18-24-10)14(21)20-6-2-5-19(7-8-20)13-4-3-11(15(22)23)16-17-13/h3-4,9H,2,5-8H2,1H3,(H,22,23). The number of amides is 1. The van der Waals surface area contributed by atoms with Gasteiger partial charge in [0.05, 0.1) is 0 Å². The largest absolute Gasteiger partial charge is 0.476 e. The second-order valence-electron chi connectivity index (χ2n) is 5.54. The molecule has 1 N–H and O–H groups in total. The van der Waals surface area contributed by atoms with Gasteiger partial charge in [-0.1, -0.05) is 5.16 Å². The molecule has 9 nitrogen and oxygen atoms in total. The molecule has 126 valence electrons. The average molecular weight is 331 g/mol. The summed E-state index contributed by atoms with van der Waals surface area (Å²) in [5, 5.41) is 20.3. The molecule has 2 aromatic rings. The van der Waals surface area contributed by atoms with E-state index in [-0.39, 0.29) is 11.6 Å². The van der Waals surface area contributed by atoms with Gasteiger partial charge in [0.25, 0.3) is 5.91 Å². The van der Waals surface area contributed by atoms with Gasteiger partial charge in [-0.25, -0.2) is 4.79 Å². The number of aryl methyl sites for hydroxylation is 1. The summed E-state index contributed by atoms with van der Waals surface area (Å²) in [6.07, 6.45) is 0.769. The summed E-state index contributed by atoms with van der Waals surface area (Å²) in [5.41, 5.74) is 0.221. The van der Waals surface area contributed by atoms with Gasteiger partial charge in [-0.2, -0.15) is 0 Å². The molecule has 0 aromatic carbocycles. The molecular weight excluding hydrogens is 314 g/mol. The maximum atomic E-state index is 12.4. The fourth-order valence-corrected chi connectivity index (χ4v) is 2.59. The van der Waals surface area contributed by atoms with Crippen LogP contribution in [0.5, 0.6) is 0 Å². The molecule has 0 bridgehead atoms. The van der Waals surface area contributed by atoms with Gasteiger partial charge in [-0.05, 0) is 25.5 Å². The fraction of sp³-hybridized carbons (Fsp3) is 0.400. The first-order valence-electron chi connectivity index (χ1n) is 7.59. The van der Waals surface area contributed by atoms with Gasteiger partial charge in [0, 0.05) is 32.2 Å². The molecule has 0 atom stereocenters. The molecule has 1 aliphatic rings. The summed E-state index contributed by atoms with van der Waals surface area (Å²) in [5.74, 6) is -0.0548. The van der Waals surface area contributed by atoms with Crippen LogP contribution in [-0.2, 0) is 0 Å². The van der Waals surface area contributed by atoms with Crippen LogP contribution in [0.15, 0.2) is 22.7 Å². The molecule has 3 heterocycles. The second-order valence-corrected chi connectivity index (χ2v) is 5.54. The van der Waals surface area contributed by atoms with Crippen molar-refractivity contribution in [2.24, 2.45) is 0 Å². The van der Waals surface area contributed by atoms with Crippen LogP contribution in [0.2, 0.25) is 0 Å². The van der Waals surface area contributed by atoms with E-state index in [1.807, 2.05) is 4.90 Å². The molecule has 0 radical (unpaired) electrons. The van der Waals surface area contributed by atoms with Crippen molar-refractivity contribution in [1.29, 1.82) is 0 Å². The highest BCUT2D eigenvalue weighted by Crippen LogP contribution is 2.15.